The molecule has 2 aromatic carbocycles. The third-order valence-corrected chi connectivity index (χ3v) is 4.67. The Balaban J connectivity index is 1.92. The normalized spacial score (nSPS) is 14.2. The summed E-state index contributed by atoms with van der Waals surface area (Å²) in [7, 11) is 0. The van der Waals surface area contributed by atoms with Gasteiger partial charge in [0.25, 0.3) is 0 Å². The van der Waals surface area contributed by atoms with Crippen LogP contribution in [0.15, 0.2) is 53.0 Å². The van der Waals surface area contributed by atoms with Crippen molar-refractivity contribution >= 4 is 38.5 Å². The van der Waals surface area contributed by atoms with Gasteiger partial charge in [0.1, 0.15) is 0 Å². The van der Waals surface area contributed by atoms with Crippen molar-refractivity contribution in [1.82, 2.24) is 4.98 Å². The molecule has 1 heterocycles. The largest absolute Gasteiger partial charge is 0.357 e. The van der Waals surface area contributed by atoms with Crippen LogP contribution >= 0.6 is 15.9 Å². The van der Waals surface area contributed by atoms with Crippen LogP contribution in [0.3, 0.4) is 0 Å². The number of benzene rings is 2. The third kappa shape index (κ3) is 1.83. The fraction of sp³-hybridized carbons (Fsp3) is 0.111. The van der Waals surface area contributed by atoms with Gasteiger partial charge in [0, 0.05) is 21.1 Å². The number of nitrogens with one attached hydrogen (secondary N) is 1. The highest BCUT2D eigenvalue weighted by Crippen LogP contribution is 2.36. The molecular formula is C18H14BrN. The van der Waals surface area contributed by atoms with Crippen LogP contribution in [0, 0.1) is 0 Å². The first kappa shape index (κ1) is 12.0. The molecule has 0 saturated carbocycles. The molecule has 0 fully saturated rings. The van der Waals surface area contributed by atoms with Crippen LogP contribution in [0.1, 0.15) is 23.2 Å². The van der Waals surface area contributed by atoms with E-state index in [-0.39, 0.29) is 0 Å². The number of halogens is 1. The molecule has 0 radical (unpaired) electrons. The number of allylic oxidation sites excluding steroid dienone is 1. The van der Waals surface area contributed by atoms with Crippen molar-refractivity contribution in [3.8, 4) is 0 Å². The highest BCUT2D eigenvalue weighted by atomic mass is 79.9. The highest BCUT2D eigenvalue weighted by Gasteiger charge is 2.17. The van der Waals surface area contributed by atoms with Crippen LogP contribution in [-0.2, 0) is 6.42 Å². The summed E-state index contributed by atoms with van der Waals surface area (Å²) >= 11 is 3.63. The molecular weight excluding hydrogens is 310 g/mol. The van der Waals surface area contributed by atoms with Gasteiger partial charge in [0.15, 0.2) is 0 Å². The lowest BCUT2D eigenvalue weighted by Crippen LogP contribution is -1.97. The summed E-state index contributed by atoms with van der Waals surface area (Å²) in [6.45, 7) is 0. The van der Waals surface area contributed by atoms with Gasteiger partial charge in [-0.05, 0) is 52.1 Å². The maximum Gasteiger partial charge on any atom is 0.0606 e. The number of hydrogen-bond donors (Lipinski definition) is 1. The molecule has 4 rings (SSSR count). The van der Waals surface area contributed by atoms with E-state index in [1.54, 1.807) is 0 Å². The Bertz CT molecular complexity index is 812. The molecule has 0 aliphatic heterocycles. The van der Waals surface area contributed by atoms with E-state index in [4.69, 9.17) is 0 Å². The van der Waals surface area contributed by atoms with Gasteiger partial charge < -0.3 is 4.98 Å². The quantitative estimate of drug-likeness (QED) is 0.615. The SMILES string of the molecule is Brc1cccc2c3c([nH]c12)CCC(c1ccccc1)=C3. The Hall–Kier alpha value is -1.80. The van der Waals surface area contributed by atoms with Crippen molar-refractivity contribution < 1.29 is 0 Å². The first-order chi connectivity index (χ1) is 9.83. The second-order valence-electron chi connectivity index (χ2n) is 5.22. The summed E-state index contributed by atoms with van der Waals surface area (Å²) < 4.78 is 1.14. The molecule has 1 nitrogen and oxygen atoms in total. The molecule has 3 aromatic rings. The molecule has 20 heavy (non-hydrogen) atoms. The third-order valence-electron chi connectivity index (χ3n) is 4.01. The van der Waals surface area contributed by atoms with E-state index in [1.807, 2.05) is 0 Å². The number of H-pyrrole nitrogens is 1. The van der Waals surface area contributed by atoms with Gasteiger partial charge in [-0.15, -0.1) is 0 Å². The molecule has 0 saturated heterocycles. The molecule has 0 bridgehead atoms. The zero-order chi connectivity index (χ0) is 13.5. The molecule has 1 aromatic heterocycles. The van der Waals surface area contributed by atoms with E-state index in [0.717, 1.165) is 17.3 Å². The van der Waals surface area contributed by atoms with Crippen molar-refractivity contribution in [2.45, 2.75) is 12.8 Å². The number of para-hydroxylation sites is 1. The van der Waals surface area contributed by atoms with E-state index in [9.17, 15) is 0 Å². The lowest BCUT2D eigenvalue weighted by atomic mass is 9.91. The Labute approximate surface area is 126 Å². The number of rotatable bonds is 1. The van der Waals surface area contributed by atoms with Crippen LogP contribution in [0.25, 0.3) is 22.6 Å². The number of aromatic nitrogens is 1. The predicted octanol–water partition coefficient (Wildman–Crippen LogP) is 5.42. The lowest BCUT2D eigenvalue weighted by Gasteiger charge is -2.13. The van der Waals surface area contributed by atoms with Gasteiger partial charge in [0.05, 0.1) is 5.52 Å². The summed E-state index contributed by atoms with van der Waals surface area (Å²) in [6.07, 6.45) is 4.53. The number of aryl methyl sites for hydroxylation is 1. The van der Waals surface area contributed by atoms with Crippen molar-refractivity contribution in [2.75, 3.05) is 0 Å². The molecule has 98 valence electrons. The maximum absolute atomic E-state index is 3.63. The molecule has 2 heteroatoms. The van der Waals surface area contributed by atoms with Crippen molar-refractivity contribution in [2.24, 2.45) is 0 Å². The van der Waals surface area contributed by atoms with Crippen LogP contribution < -0.4 is 0 Å². The van der Waals surface area contributed by atoms with Gasteiger partial charge in [0.2, 0.25) is 0 Å². The van der Waals surface area contributed by atoms with Crippen LogP contribution in [0.5, 0.6) is 0 Å². The molecule has 0 atom stereocenters. The van der Waals surface area contributed by atoms with Gasteiger partial charge in [-0.3, -0.25) is 0 Å². The summed E-state index contributed by atoms with van der Waals surface area (Å²) in [5, 5.41) is 1.31. The minimum absolute atomic E-state index is 1.08. The molecule has 0 amide bonds. The van der Waals surface area contributed by atoms with E-state index >= 15 is 0 Å². The van der Waals surface area contributed by atoms with Crippen molar-refractivity contribution in [3.05, 3.63) is 69.8 Å². The predicted molar refractivity (Wildman–Crippen MR) is 88.6 cm³/mol. The molecule has 1 aliphatic carbocycles. The highest BCUT2D eigenvalue weighted by molar-refractivity contribution is 9.10. The Morgan fingerprint density at radius 2 is 1.75 bits per heavy atom. The van der Waals surface area contributed by atoms with Gasteiger partial charge in [-0.25, -0.2) is 0 Å². The Morgan fingerprint density at radius 1 is 0.900 bits per heavy atom. The fourth-order valence-electron chi connectivity index (χ4n) is 3.00. The second-order valence-corrected chi connectivity index (χ2v) is 6.07. The minimum atomic E-state index is 1.08. The van der Waals surface area contributed by atoms with E-state index < -0.39 is 0 Å². The van der Waals surface area contributed by atoms with Crippen molar-refractivity contribution in [3.63, 3.8) is 0 Å². The average molecular weight is 324 g/mol. The molecule has 1 N–H and O–H groups in total. The van der Waals surface area contributed by atoms with Crippen LogP contribution in [-0.4, -0.2) is 4.98 Å². The Morgan fingerprint density at radius 3 is 2.60 bits per heavy atom. The van der Waals surface area contributed by atoms with E-state index in [2.05, 4.69) is 75.5 Å². The minimum Gasteiger partial charge on any atom is -0.357 e. The molecule has 0 unspecified atom stereocenters. The monoisotopic (exact) mass is 323 g/mol. The zero-order valence-electron chi connectivity index (χ0n) is 11.0. The maximum atomic E-state index is 3.63. The zero-order valence-corrected chi connectivity index (χ0v) is 12.6. The number of fused-ring (bicyclic) bond motifs is 3. The summed E-state index contributed by atoms with van der Waals surface area (Å²) in [4.78, 5) is 3.56. The van der Waals surface area contributed by atoms with Crippen molar-refractivity contribution in [1.29, 1.82) is 0 Å². The van der Waals surface area contributed by atoms with Gasteiger partial charge >= 0.3 is 0 Å². The summed E-state index contributed by atoms with van der Waals surface area (Å²) in [5.41, 5.74) is 6.68. The lowest BCUT2D eigenvalue weighted by molar-refractivity contribution is 0.964. The summed E-state index contributed by atoms with van der Waals surface area (Å²) in [6, 6.07) is 17.1. The second kappa shape index (κ2) is 4.64. The average Bonchev–Trinajstić information content (AvgIpc) is 2.88. The van der Waals surface area contributed by atoms with Gasteiger partial charge in [-0.2, -0.15) is 0 Å². The Kier molecular flexibility index (Phi) is 2.78. The molecule has 1 aliphatic rings. The van der Waals surface area contributed by atoms with E-state index in [1.165, 1.54) is 33.3 Å². The fourth-order valence-corrected chi connectivity index (χ4v) is 3.47. The molecule has 0 spiro atoms. The summed E-state index contributed by atoms with van der Waals surface area (Å²) in [5.74, 6) is 0. The first-order valence-electron chi connectivity index (χ1n) is 6.88. The first-order valence-corrected chi connectivity index (χ1v) is 7.67. The van der Waals surface area contributed by atoms with Crippen LogP contribution in [0.2, 0.25) is 0 Å². The number of hydrogen-bond acceptors (Lipinski definition) is 0. The van der Waals surface area contributed by atoms with E-state index in [0.29, 0.717) is 0 Å². The van der Waals surface area contributed by atoms with Gasteiger partial charge in [-0.1, -0.05) is 42.5 Å². The van der Waals surface area contributed by atoms with Crippen LogP contribution in [0.4, 0.5) is 0 Å². The topological polar surface area (TPSA) is 15.8 Å². The number of aromatic amines is 1. The standard InChI is InChI=1S/C18H14BrN/c19-16-8-4-7-14-15-11-13(12-5-2-1-3-6-12)9-10-17(15)20-18(14)16/h1-8,11,20H,9-10H2. The smallest absolute Gasteiger partial charge is 0.0606 e.